The molecule has 1 saturated carbocycles. The molecule has 0 bridgehead atoms. The highest BCUT2D eigenvalue weighted by Gasteiger charge is 2.20. The molecule has 3 rings (SSSR count). The third-order valence-electron chi connectivity index (χ3n) is 3.61. The molecule has 1 aromatic heterocycles. The summed E-state index contributed by atoms with van der Waals surface area (Å²) in [5, 5.41) is 3.66. The van der Waals surface area contributed by atoms with E-state index in [1.165, 1.54) is 29.6 Å². The Kier molecular flexibility index (Phi) is 3.48. The molecule has 1 heterocycles. The van der Waals surface area contributed by atoms with Gasteiger partial charge < -0.3 is 5.32 Å². The van der Waals surface area contributed by atoms with Crippen LogP contribution in [0, 0.1) is 5.92 Å². The lowest BCUT2D eigenvalue weighted by molar-refractivity contribution is 0.602. The van der Waals surface area contributed by atoms with Gasteiger partial charge in [0.1, 0.15) is 0 Å². The van der Waals surface area contributed by atoms with E-state index in [0.717, 1.165) is 15.8 Å². The minimum atomic E-state index is 0.658. The molecule has 1 aromatic carbocycles. The van der Waals surface area contributed by atoms with Crippen molar-refractivity contribution in [2.45, 2.75) is 36.6 Å². The largest absolute Gasteiger partial charge is 0.382 e. The van der Waals surface area contributed by atoms with Gasteiger partial charge in [-0.3, -0.25) is 0 Å². The molecular weight excluding hydrogens is 260 g/mol. The number of thioether (sulfide) groups is 1. The van der Waals surface area contributed by atoms with Gasteiger partial charge in [0.2, 0.25) is 0 Å². The fourth-order valence-electron chi connectivity index (χ4n) is 2.65. The second kappa shape index (κ2) is 5.10. The predicted octanol–water partition coefficient (Wildman–Crippen LogP) is 4.62. The number of fused-ring (bicyclic) bond motifs is 1. The summed E-state index contributed by atoms with van der Waals surface area (Å²) in [6, 6.07) is 7.20. The summed E-state index contributed by atoms with van der Waals surface area (Å²) in [7, 11) is 0. The molecule has 1 fully saturated rings. The molecule has 0 amide bonds. The Hall–Kier alpha value is -0.740. The zero-order chi connectivity index (χ0) is 12.5. The Morgan fingerprint density at radius 2 is 2.28 bits per heavy atom. The summed E-state index contributed by atoms with van der Waals surface area (Å²) in [6.45, 7) is 2.35. The molecule has 1 N–H and O–H groups in total. The minimum Gasteiger partial charge on any atom is -0.382 e. The highest BCUT2D eigenvalue weighted by Crippen LogP contribution is 2.32. The molecule has 0 radical (unpaired) electrons. The number of hydrogen-bond acceptors (Lipinski definition) is 4. The predicted molar refractivity (Wildman–Crippen MR) is 81.8 cm³/mol. The summed E-state index contributed by atoms with van der Waals surface area (Å²) >= 11 is 3.50. The molecule has 1 aliphatic carbocycles. The molecule has 0 aliphatic heterocycles. The zero-order valence-corrected chi connectivity index (χ0v) is 12.4. The van der Waals surface area contributed by atoms with E-state index in [2.05, 4.69) is 41.7 Å². The van der Waals surface area contributed by atoms with Gasteiger partial charge in [-0.2, -0.15) is 0 Å². The van der Waals surface area contributed by atoms with Gasteiger partial charge in [-0.05, 0) is 49.6 Å². The molecule has 2 nitrogen and oxygen atoms in total. The van der Waals surface area contributed by atoms with Crippen molar-refractivity contribution >= 4 is 39.0 Å². The zero-order valence-electron chi connectivity index (χ0n) is 10.8. The summed E-state index contributed by atoms with van der Waals surface area (Å²) in [5.41, 5.74) is 2.37. The van der Waals surface area contributed by atoms with E-state index < -0.39 is 0 Å². The van der Waals surface area contributed by atoms with Gasteiger partial charge >= 0.3 is 0 Å². The van der Waals surface area contributed by atoms with Gasteiger partial charge in [0, 0.05) is 11.7 Å². The van der Waals surface area contributed by atoms with Crippen LogP contribution in [-0.2, 0) is 0 Å². The maximum absolute atomic E-state index is 4.57. The summed E-state index contributed by atoms with van der Waals surface area (Å²) in [4.78, 5) is 4.57. The number of hydrogen-bond donors (Lipinski definition) is 1. The molecule has 2 aromatic rings. The first kappa shape index (κ1) is 12.3. The minimum absolute atomic E-state index is 0.658. The van der Waals surface area contributed by atoms with Crippen molar-refractivity contribution in [3.8, 4) is 0 Å². The Balaban J connectivity index is 1.80. The van der Waals surface area contributed by atoms with E-state index in [0.29, 0.717) is 6.04 Å². The van der Waals surface area contributed by atoms with Crippen LogP contribution in [0.2, 0.25) is 0 Å². The smallest absolute Gasteiger partial charge is 0.150 e. The van der Waals surface area contributed by atoms with Crippen LogP contribution in [0.25, 0.3) is 10.2 Å². The number of benzene rings is 1. The first-order valence-electron chi connectivity index (χ1n) is 6.45. The number of rotatable bonds is 3. The van der Waals surface area contributed by atoms with Crippen LogP contribution in [0.5, 0.6) is 0 Å². The van der Waals surface area contributed by atoms with E-state index in [1.54, 1.807) is 23.1 Å². The molecule has 2 unspecified atom stereocenters. The SMILES string of the molecule is CSc1nc2ccc(NC3CCC(C)C3)cc2s1. The van der Waals surface area contributed by atoms with Crippen LogP contribution >= 0.6 is 23.1 Å². The highest BCUT2D eigenvalue weighted by atomic mass is 32.2. The van der Waals surface area contributed by atoms with Crippen molar-refractivity contribution in [2.24, 2.45) is 5.92 Å². The first-order valence-corrected chi connectivity index (χ1v) is 8.50. The van der Waals surface area contributed by atoms with Crippen LogP contribution in [0.1, 0.15) is 26.2 Å². The standard InChI is InChI=1S/C14H18N2S2/c1-9-3-4-10(7-9)15-11-5-6-12-13(8-11)18-14(16-12)17-2/h5-6,8-10,15H,3-4,7H2,1-2H3. The second-order valence-electron chi connectivity index (χ2n) is 5.13. The van der Waals surface area contributed by atoms with Gasteiger partial charge in [-0.1, -0.05) is 18.7 Å². The van der Waals surface area contributed by atoms with Gasteiger partial charge in [0.25, 0.3) is 0 Å². The normalized spacial score (nSPS) is 23.7. The monoisotopic (exact) mass is 278 g/mol. The molecule has 96 valence electrons. The molecule has 4 heteroatoms. The maximum Gasteiger partial charge on any atom is 0.150 e. The second-order valence-corrected chi connectivity index (χ2v) is 7.21. The Morgan fingerprint density at radius 3 is 3.00 bits per heavy atom. The Bertz CT molecular complexity index is 550. The number of aromatic nitrogens is 1. The van der Waals surface area contributed by atoms with Crippen molar-refractivity contribution in [2.75, 3.05) is 11.6 Å². The van der Waals surface area contributed by atoms with Crippen LogP contribution in [-0.4, -0.2) is 17.3 Å². The van der Waals surface area contributed by atoms with Crippen molar-refractivity contribution in [1.82, 2.24) is 4.98 Å². The highest BCUT2D eigenvalue weighted by molar-refractivity contribution is 8.00. The van der Waals surface area contributed by atoms with Gasteiger partial charge in [0.15, 0.2) is 4.34 Å². The van der Waals surface area contributed by atoms with E-state index in [4.69, 9.17) is 0 Å². The van der Waals surface area contributed by atoms with Gasteiger partial charge in [0.05, 0.1) is 10.2 Å². The maximum atomic E-state index is 4.57. The lowest BCUT2D eigenvalue weighted by Gasteiger charge is -2.13. The first-order chi connectivity index (χ1) is 8.74. The molecule has 0 saturated heterocycles. The average molecular weight is 278 g/mol. The lowest BCUT2D eigenvalue weighted by atomic mass is 10.1. The molecule has 0 spiro atoms. The summed E-state index contributed by atoms with van der Waals surface area (Å²) < 4.78 is 2.44. The molecule has 2 atom stereocenters. The van der Waals surface area contributed by atoms with Crippen LogP contribution in [0.4, 0.5) is 5.69 Å². The van der Waals surface area contributed by atoms with E-state index >= 15 is 0 Å². The summed E-state index contributed by atoms with van der Waals surface area (Å²) in [6.07, 6.45) is 6.04. The lowest BCUT2D eigenvalue weighted by Crippen LogP contribution is -2.14. The van der Waals surface area contributed by atoms with Gasteiger partial charge in [-0.15, -0.1) is 11.3 Å². The van der Waals surface area contributed by atoms with Crippen molar-refractivity contribution in [3.05, 3.63) is 18.2 Å². The Labute approximate surface area is 116 Å². The van der Waals surface area contributed by atoms with E-state index in [9.17, 15) is 0 Å². The topological polar surface area (TPSA) is 24.9 Å². The van der Waals surface area contributed by atoms with Gasteiger partial charge in [-0.25, -0.2) is 4.98 Å². The Morgan fingerprint density at radius 1 is 1.39 bits per heavy atom. The van der Waals surface area contributed by atoms with Crippen LogP contribution in [0.3, 0.4) is 0 Å². The number of thiazole rings is 1. The summed E-state index contributed by atoms with van der Waals surface area (Å²) in [5.74, 6) is 0.873. The molecule has 18 heavy (non-hydrogen) atoms. The fraction of sp³-hybridized carbons (Fsp3) is 0.500. The fourth-order valence-corrected chi connectivity index (χ4v) is 4.18. The van der Waals surface area contributed by atoms with Crippen LogP contribution < -0.4 is 5.32 Å². The third-order valence-corrected chi connectivity index (χ3v) is 5.61. The van der Waals surface area contributed by atoms with Crippen molar-refractivity contribution in [3.63, 3.8) is 0 Å². The average Bonchev–Trinajstić information content (AvgIpc) is 2.94. The number of anilines is 1. The van der Waals surface area contributed by atoms with E-state index in [1.807, 2.05) is 0 Å². The quantitative estimate of drug-likeness (QED) is 0.829. The molecule has 1 aliphatic rings. The van der Waals surface area contributed by atoms with E-state index in [-0.39, 0.29) is 0 Å². The number of nitrogens with one attached hydrogen (secondary N) is 1. The van der Waals surface area contributed by atoms with Crippen molar-refractivity contribution < 1.29 is 0 Å². The third kappa shape index (κ3) is 2.50. The molecular formula is C14H18N2S2. The number of nitrogens with zero attached hydrogens (tertiary/aromatic N) is 1. The van der Waals surface area contributed by atoms with Crippen molar-refractivity contribution in [1.29, 1.82) is 0 Å². The van der Waals surface area contributed by atoms with Crippen LogP contribution in [0.15, 0.2) is 22.5 Å².